The van der Waals surface area contributed by atoms with Crippen LogP contribution in [-0.4, -0.2) is 90.9 Å². The van der Waals surface area contributed by atoms with Gasteiger partial charge < -0.3 is 24.4 Å². The van der Waals surface area contributed by atoms with Gasteiger partial charge in [0.2, 0.25) is 0 Å². The SMILES string of the molecule is O=C(O)N1CCCC(n2nc(C(=O)N3CCOCC3)c3c2-c2ccc(OC(F)(F)F)cc2S(=O)(=O)C3)C1. The van der Waals surface area contributed by atoms with Gasteiger partial charge in [-0.25, -0.2) is 13.2 Å². The van der Waals surface area contributed by atoms with Gasteiger partial charge in [-0.3, -0.25) is 9.48 Å². The van der Waals surface area contributed by atoms with Crippen molar-refractivity contribution in [2.24, 2.45) is 0 Å². The van der Waals surface area contributed by atoms with E-state index < -0.39 is 45.7 Å². The second kappa shape index (κ2) is 9.20. The van der Waals surface area contributed by atoms with E-state index in [2.05, 4.69) is 9.84 Å². The van der Waals surface area contributed by atoms with Crippen molar-refractivity contribution in [1.82, 2.24) is 19.6 Å². The molecule has 37 heavy (non-hydrogen) atoms. The van der Waals surface area contributed by atoms with E-state index >= 15 is 0 Å². The van der Waals surface area contributed by atoms with Crippen molar-refractivity contribution in [3.8, 4) is 17.0 Å². The van der Waals surface area contributed by atoms with Gasteiger partial charge in [-0.2, -0.15) is 5.10 Å². The fourth-order valence-electron chi connectivity index (χ4n) is 4.99. The summed E-state index contributed by atoms with van der Waals surface area (Å²) in [6.45, 7) is 1.59. The first-order chi connectivity index (χ1) is 17.4. The Hall–Kier alpha value is -3.33. The molecule has 200 valence electrons. The van der Waals surface area contributed by atoms with Gasteiger partial charge >= 0.3 is 12.5 Å². The minimum Gasteiger partial charge on any atom is -0.465 e. The van der Waals surface area contributed by atoms with E-state index in [4.69, 9.17) is 4.74 Å². The number of nitrogens with zero attached hydrogens (tertiary/aromatic N) is 4. The van der Waals surface area contributed by atoms with Gasteiger partial charge in [0, 0.05) is 37.3 Å². The molecule has 0 saturated carbocycles. The molecule has 3 aliphatic rings. The van der Waals surface area contributed by atoms with Gasteiger partial charge in [0.05, 0.1) is 35.6 Å². The highest BCUT2D eigenvalue weighted by Gasteiger charge is 2.40. The number of ether oxygens (including phenoxy) is 2. The molecule has 0 radical (unpaired) electrons. The molecule has 0 aliphatic carbocycles. The van der Waals surface area contributed by atoms with E-state index in [1.807, 2.05) is 0 Å². The number of morpholine rings is 1. The molecule has 2 fully saturated rings. The van der Waals surface area contributed by atoms with Gasteiger partial charge in [0.15, 0.2) is 15.5 Å². The summed E-state index contributed by atoms with van der Waals surface area (Å²) in [5.41, 5.74) is 0.420. The number of benzene rings is 1. The minimum absolute atomic E-state index is 0.0615. The summed E-state index contributed by atoms with van der Waals surface area (Å²) in [5.74, 6) is -1.82. The maximum Gasteiger partial charge on any atom is 0.573 e. The molecule has 5 rings (SSSR count). The number of rotatable bonds is 3. The molecule has 11 nitrogen and oxygen atoms in total. The largest absolute Gasteiger partial charge is 0.573 e. The molecule has 3 aliphatic heterocycles. The second-order valence-electron chi connectivity index (χ2n) is 9.01. The Bertz CT molecular complexity index is 1350. The number of halogens is 3. The van der Waals surface area contributed by atoms with Crippen LogP contribution in [0.25, 0.3) is 11.3 Å². The average Bonchev–Trinajstić information content (AvgIpc) is 3.22. The molecule has 1 unspecified atom stereocenters. The molecule has 2 amide bonds. The number of carboxylic acid groups (broad SMARTS) is 1. The Kier molecular flexibility index (Phi) is 6.30. The molecule has 0 bridgehead atoms. The Morgan fingerprint density at radius 3 is 2.54 bits per heavy atom. The number of piperidine rings is 1. The lowest BCUT2D eigenvalue weighted by Crippen LogP contribution is -2.41. The number of hydrogen-bond acceptors (Lipinski definition) is 7. The quantitative estimate of drug-likeness (QED) is 0.624. The fraction of sp³-hybridized carbons (Fsp3) is 0.500. The van der Waals surface area contributed by atoms with Crippen LogP contribution in [0, 0.1) is 0 Å². The van der Waals surface area contributed by atoms with Crippen molar-refractivity contribution in [3.63, 3.8) is 0 Å². The molecule has 1 atom stereocenters. The van der Waals surface area contributed by atoms with Crippen LogP contribution in [0.3, 0.4) is 0 Å². The second-order valence-corrected chi connectivity index (χ2v) is 11.0. The fourth-order valence-corrected chi connectivity index (χ4v) is 6.60. The molecule has 2 aromatic rings. The van der Waals surface area contributed by atoms with Gasteiger partial charge in [0.1, 0.15) is 5.75 Å². The van der Waals surface area contributed by atoms with E-state index in [9.17, 15) is 36.3 Å². The Morgan fingerprint density at radius 1 is 1.14 bits per heavy atom. The maximum atomic E-state index is 13.4. The van der Waals surface area contributed by atoms with E-state index in [0.29, 0.717) is 32.6 Å². The van der Waals surface area contributed by atoms with Crippen LogP contribution in [-0.2, 0) is 20.3 Å². The number of carbonyl (C=O) groups excluding carboxylic acids is 1. The lowest BCUT2D eigenvalue weighted by Gasteiger charge is -2.32. The van der Waals surface area contributed by atoms with Crippen LogP contribution >= 0.6 is 0 Å². The lowest BCUT2D eigenvalue weighted by molar-refractivity contribution is -0.274. The monoisotopic (exact) mass is 544 g/mol. The van der Waals surface area contributed by atoms with Crippen LogP contribution in [0.5, 0.6) is 5.75 Å². The number of alkyl halides is 3. The van der Waals surface area contributed by atoms with Crippen LogP contribution in [0.15, 0.2) is 23.1 Å². The molecular formula is C22H23F3N4O7S. The first kappa shape index (κ1) is 25.3. The van der Waals surface area contributed by atoms with Crippen molar-refractivity contribution < 1.29 is 45.8 Å². The zero-order valence-corrected chi connectivity index (χ0v) is 20.2. The third kappa shape index (κ3) is 4.84. The highest BCUT2D eigenvalue weighted by atomic mass is 32.2. The van der Waals surface area contributed by atoms with Gasteiger partial charge in [-0.15, -0.1) is 13.2 Å². The molecule has 1 aromatic heterocycles. The summed E-state index contributed by atoms with van der Waals surface area (Å²) in [6, 6.07) is 2.50. The summed E-state index contributed by atoms with van der Waals surface area (Å²) >= 11 is 0. The Morgan fingerprint density at radius 2 is 1.86 bits per heavy atom. The van der Waals surface area contributed by atoms with Crippen LogP contribution < -0.4 is 4.74 Å². The van der Waals surface area contributed by atoms with Gasteiger partial charge in [-0.05, 0) is 31.0 Å². The molecule has 2 saturated heterocycles. The number of hydrogen-bond donors (Lipinski definition) is 1. The third-order valence-corrected chi connectivity index (χ3v) is 8.31. The highest BCUT2D eigenvalue weighted by molar-refractivity contribution is 7.90. The van der Waals surface area contributed by atoms with Crippen LogP contribution in [0.4, 0.5) is 18.0 Å². The predicted molar refractivity (Wildman–Crippen MR) is 120 cm³/mol. The number of amides is 2. The Labute approximate surface area is 209 Å². The maximum absolute atomic E-state index is 13.4. The normalized spacial score (nSPS) is 21.2. The van der Waals surface area contributed by atoms with Crippen molar-refractivity contribution >= 4 is 21.8 Å². The van der Waals surface area contributed by atoms with Gasteiger partial charge in [0.25, 0.3) is 5.91 Å². The van der Waals surface area contributed by atoms with Crippen molar-refractivity contribution in [2.45, 2.75) is 35.9 Å². The molecule has 15 heteroatoms. The first-order valence-corrected chi connectivity index (χ1v) is 13.2. The number of likely N-dealkylation sites (tertiary alicyclic amines) is 1. The zero-order valence-electron chi connectivity index (χ0n) is 19.4. The summed E-state index contributed by atoms with van der Waals surface area (Å²) in [5, 5.41) is 14.0. The number of sulfone groups is 1. The smallest absolute Gasteiger partial charge is 0.465 e. The number of fused-ring (bicyclic) bond motifs is 3. The van der Waals surface area contributed by atoms with Crippen molar-refractivity contribution in [1.29, 1.82) is 0 Å². The summed E-state index contributed by atoms with van der Waals surface area (Å²) in [4.78, 5) is 27.4. The standard InChI is InChI=1S/C22H23F3N4O7S/c23-22(24,25)36-14-3-4-15-17(10-14)37(33,34)12-16-18(20(30)27-6-8-35-9-7-27)26-29(19(15)16)13-2-1-5-28(11-13)21(31)32/h3-4,10,13H,1-2,5-9,11-12H2,(H,31,32). The lowest BCUT2D eigenvalue weighted by atomic mass is 10.0. The van der Waals surface area contributed by atoms with E-state index in [-0.39, 0.29) is 47.0 Å². The van der Waals surface area contributed by atoms with Crippen molar-refractivity contribution in [3.05, 3.63) is 29.5 Å². The minimum atomic E-state index is -5.01. The molecule has 1 aromatic carbocycles. The summed E-state index contributed by atoms with van der Waals surface area (Å²) in [6.07, 6.45) is -5.10. The molecule has 1 N–H and O–H groups in total. The average molecular weight is 545 g/mol. The summed E-state index contributed by atoms with van der Waals surface area (Å²) in [7, 11) is -4.16. The third-order valence-electron chi connectivity index (χ3n) is 6.63. The molecular weight excluding hydrogens is 521 g/mol. The van der Waals surface area contributed by atoms with Crippen LogP contribution in [0.2, 0.25) is 0 Å². The van der Waals surface area contributed by atoms with Crippen molar-refractivity contribution in [2.75, 3.05) is 39.4 Å². The van der Waals surface area contributed by atoms with E-state index in [0.717, 1.165) is 12.1 Å². The topological polar surface area (TPSA) is 131 Å². The zero-order chi connectivity index (χ0) is 26.5. The Balaban J connectivity index is 1.66. The number of aromatic nitrogens is 2. The predicted octanol–water partition coefficient (Wildman–Crippen LogP) is 2.52. The molecule has 0 spiro atoms. The summed E-state index contributed by atoms with van der Waals surface area (Å²) < 4.78 is 75.5. The first-order valence-electron chi connectivity index (χ1n) is 11.5. The highest BCUT2D eigenvalue weighted by Crippen LogP contribution is 2.43. The molecule has 4 heterocycles. The number of carbonyl (C=O) groups is 2. The van der Waals surface area contributed by atoms with E-state index in [1.54, 1.807) is 0 Å². The van der Waals surface area contributed by atoms with Gasteiger partial charge in [-0.1, -0.05) is 0 Å². The van der Waals surface area contributed by atoms with Crippen LogP contribution in [0.1, 0.15) is 34.9 Å². The van der Waals surface area contributed by atoms with E-state index in [1.165, 1.54) is 20.5 Å².